The zero-order valence-electron chi connectivity index (χ0n) is 12.0. The molecule has 3 rings (SSSR count). The van der Waals surface area contributed by atoms with Crippen molar-refractivity contribution in [2.75, 3.05) is 0 Å². The van der Waals surface area contributed by atoms with E-state index in [1.165, 1.54) is 6.07 Å². The summed E-state index contributed by atoms with van der Waals surface area (Å²) in [6, 6.07) is 14.3. The van der Waals surface area contributed by atoms with Crippen molar-refractivity contribution >= 4 is 10.9 Å². The number of aliphatic hydroxyl groups is 1. The van der Waals surface area contributed by atoms with E-state index in [4.69, 9.17) is 0 Å². The average molecular weight is 281 g/mol. The SMILES string of the molecule is Cc1cc(C(O)c2ccc(C)c(F)c2)c2ccccc2n1. The highest BCUT2D eigenvalue weighted by atomic mass is 19.1. The minimum absolute atomic E-state index is 0.304. The summed E-state index contributed by atoms with van der Waals surface area (Å²) in [5.41, 5.74) is 3.53. The number of aromatic nitrogens is 1. The van der Waals surface area contributed by atoms with Gasteiger partial charge >= 0.3 is 0 Å². The van der Waals surface area contributed by atoms with Gasteiger partial charge in [0.05, 0.1) is 5.52 Å². The van der Waals surface area contributed by atoms with Crippen LogP contribution in [0.15, 0.2) is 48.5 Å². The van der Waals surface area contributed by atoms with E-state index in [0.29, 0.717) is 11.1 Å². The van der Waals surface area contributed by atoms with E-state index in [0.717, 1.165) is 22.2 Å². The smallest absolute Gasteiger partial charge is 0.126 e. The summed E-state index contributed by atoms with van der Waals surface area (Å²) in [6.45, 7) is 3.59. The van der Waals surface area contributed by atoms with Crippen LogP contribution in [0.3, 0.4) is 0 Å². The van der Waals surface area contributed by atoms with Gasteiger partial charge in [-0.2, -0.15) is 0 Å². The van der Waals surface area contributed by atoms with Crippen molar-refractivity contribution < 1.29 is 9.50 Å². The minimum atomic E-state index is -0.869. The quantitative estimate of drug-likeness (QED) is 0.768. The topological polar surface area (TPSA) is 33.1 Å². The molecule has 2 aromatic carbocycles. The molecule has 0 saturated heterocycles. The van der Waals surface area contributed by atoms with Gasteiger partial charge in [-0.3, -0.25) is 4.98 Å². The van der Waals surface area contributed by atoms with Crippen LogP contribution in [0.4, 0.5) is 4.39 Å². The number of aliphatic hydroxyl groups excluding tert-OH is 1. The largest absolute Gasteiger partial charge is 0.384 e. The van der Waals surface area contributed by atoms with Gasteiger partial charge in [-0.1, -0.05) is 30.3 Å². The van der Waals surface area contributed by atoms with Crippen molar-refractivity contribution in [1.29, 1.82) is 0 Å². The molecule has 0 aliphatic heterocycles. The van der Waals surface area contributed by atoms with Gasteiger partial charge in [0.2, 0.25) is 0 Å². The van der Waals surface area contributed by atoms with Gasteiger partial charge in [0.1, 0.15) is 11.9 Å². The van der Waals surface area contributed by atoms with E-state index in [1.54, 1.807) is 19.1 Å². The van der Waals surface area contributed by atoms with Crippen LogP contribution < -0.4 is 0 Å². The first kappa shape index (κ1) is 13.7. The van der Waals surface area contributed by atoms with Crippen LogP contribution >= 0.6 is 0 Å². The molecule has 1 unspecified atom stereocenters. The van der Waals surface area contributed by atoms with Gasteiger partial charge in [-0.05, 0) is 48.7 Å². The predicted molar refractivity (Wildman–Crippen MR) is 81.7 cm³/mol. The number of halogens is 1. The monoisotopic (exact) mass is 281 g/mol. The number of fused-ring (bicyclic) bond motifs is 1. The van der Waals surface area contributed by atoms with Crippen LogP contribution in [0.25, 0.3) is 10.9 Å². The molecular formula is C18H16FNO. The number of pyridine rings is 1. The molecule has 0 fully saturated rings. The number of nitrogens with zero attached hydrogens (tertiary/aromatic N) is 1. The number of hydrogen-bond acceptors (Lipinski definition) is 2. The molecule has 2 nitrogen and oxygen atoms in total. The Hall–Kier alpha value is -2.26. The highest BCUT2D eigenvalue weighted by Gasteiger charge is 2.16. The fourth-order valence-corrected chi connectivity index (χ4v) is 2.53. The molecule has 1 aromatic heterocycles. The Morgan fingerprint density at radius 3 is 2.57 bits per heavy atom. The van der Waals surface area contributed by atoms with Gasteiger partial charge < -0.3 is 5.11 Å². The number of aryl methyl sites for hydroxylation is 2. The van der Waals surface area contributed by atoms with E-state index in [2.05, 4.69) is 4.98 Å². The van der Waals surface area contributed by atoms with Crippen LogP contribution in [0.1, 0.15) is 28.5 Å². The lowest BCUT2D eigenvalue weighted by molar-refractivity contribution is 0.221. The van der Waals surface area contributed by atoms with Crippen LogP contribution in [0.5, 0.6) is 0 Å². The van der Waals surface area contributed by atoms with E-state index in [-0.39, 0.29) is 5.82 Å². The molecular weight excluding hydrogens is 265 g/mol. The zero-order valence-corrected chi connectivity index (χ0v) is 12.0. The number of rotatable bonds is 2. The second-order valence-corrected chi connectivity index (χ2v) is 5.28. The van der Waals surface area contributed by atoms with Crippen LogP contribution in [-0.2, 0) is 0 Å². The maximum atomic E-state index is 13.7. The van der Waals surface area contributed by atoms with Gasteiger partial charge in [-0.25, -0.2) is 4.39 Å². The number of para-hydroxylation sites is 1. The van der Waals surface area contributed by atoms with Gasteiger partial charge in [0, 0.05) is 11.1 Å². The third-order valence-corrected chi connectivity index (χ3v) is 3.68. The van der Waals surface area contributed by atoms with Crippen molar-refractivity contribution in [2.45, 2.75) is 20.0 Å². The molecule has 3 heteroatoms. The maximum Gasteiger partial charge on any atom is 0.126 e. The molecule has 21 heavy (non-hydrogen) atoms. The second-order valence-electron chi connectivity index (χ2n) is 5.28. The highest BCUT2D eigenvalue weighted by molar-refractivity contribution is 5.83. The molecule has 1 N–H and O–H groups in total. The molecule has 0 radical (unpaired) electrons. The molecule has 0 amide bonds. The molecule has 106 valence electrons. The molecule has 0 saturated carbocycles. The van der Waals surface area contributed by atoms with Gasteiger partial charge in [0.25, 0.3) is 0 Å². The first-order valence-electron chi connectivity index (χ1n) is 6.86. The van der Waals surface area contributed by atoms with Crippen molar-refractivity contribution in [1.82, 2.24) is 4.98 Å². The Kier molecular flexibility index (Phi) is 3.43. The van der Waals surface area contributed by atoms with Gasteiger partial charge in [0.15, 0.2) is 0 Å². The van der Waals surface area contributed by atoms with Crippen LogP contribution in [-0.4, -0.2) is 10.1 Å². The summed E-state index contributed by atoms with van der Waals surface area (Å²) in [5.74, 6) is -0.304. The molecule has 0 aliphatic carbocycles. The molecule has 3 aromatic rings. The first-order valence-corrected chi connectivity index (χ1v) is 6.86. The summed E-state index contributed by atoms with van der Waals surface area (Å²) in [6.07, 6.45) is -0.869. The lowest BCUT2D eigenvalue weighted by atomic mass is 9.96. The third-order valence-electron chi connectivity index (χ3n) is 3.68. The predicted octanol–water partition coefficient (Wildman–Crippen LogP) is 4.07. The summed E-state index contributed by atoms with van der Waals surface area (Å²) >= 11 is 0. The van der Waals surface area contributed by atoms with E-state index < -0.39 is 6.10 Å². The lowest BCUT2D eigenvalue weighted by Gasteiger charge is -2.15. The Morgan fingerprint density at radius 2 is 1.81 bits per heavy atom. The fraction of sp³-hybridized carbons (Fsp3) is 0.167. The maximum absolute atomic E-state index is 13.7. The Balaban J connectivity index is 2.16. The van der Waals surface area contributed by atoms with Crippen molar-refractivity contribution in [3.8, 4) is 0 Å². The zero-order chi connectivity index (χ0) is 15.0. The normalized spacial score (nSPS) is 12.6. The Bertz CT molecular complexity index is 813. The molecule has 1 atom stereocenters. The van der Waals surface area contributed by atoms with Crippen LogP contribution in [0, 0.1) is 19.7 Å². The molecule has 0 spiro atoms. The Labute approximate surface area is 122 Å². The van der Waals surface area contributed by atoms with Crippen molar-refractivity contribution in [2.24, 2.45) is 0 Å². The molecule has 0 bridgehead atoms. The summed E-state index contributed by atoms with van der Waals surface area (Å²) in [5, 5.41) is 11.5. The Morgan fingerprint density at radius 1 is 1.05 bits per heavy atom. The van der Waals surface area contributed by atoms with Crippen molar-refractivity contribution in [3.63, 3.8) is 0 Å². The van der Waals surface area contributed by atoms with Crippen molar-refractivity contribution in [3.05, 3.63) is 76.7 Å². The fourth-order valence-electron chi connectivity index (χ4n) is 2.53. The standard InChI is InChI=1S/C18H16FNO/c1-11-7-8-13(10-16(11)19)18(21)15-9-12(2)20-17-6-4-3-5-14(15)17/h3-10,18,21H,1-2H3. The van der Waals surface area contributed by atoms with E-state index in [9.17, 15) is 9.50 Å². The number of benzene rings is 2. The van der Waals surface area contributed by atoms with E-state index >= 15 is 0 Å². The molecule has 0 aliphatic rings. The highest BCUT2D eigenvalue weighted by Crippen LogP contribution is 2.29. The summed E-state index contributed by atoms with van der Waals surface area (Å²) in [7, 11) is 0. The van der Waals surface area contributed by atoms with Crippen LogP contribution in [0.2, 0.25) is 0 Å². The summed E-state index contributed by atoms with van der Waals surface area (Å²) in [4.78, 5) is 4.46. The third kappa shape index (κ3) is 2.52. The second kappa shape index (κ2) is 5.26. The minimum Gasteiger partial charge on any atom is -0.384 e. The molecule has 1 heterocycles. The van der Waals surface area contributed by atoms with E-state index in [1.807, 2.05) is 37.3 Å². The lowest BCUT2D eigenvalue weighted by Crippen LogP contribution is -2.03. The number of hydrogen-bond donors (Lipinski definition) is 1. The van der Waals surface area contributed by atoms with Gasteiger partial charge in [-0.15, -0.1) is 0 Å². The summed E-state index contributed by atoms with van der Waals surface area (Å²) < 4.78 is 13.7. The average Bonchev–Trinajstić information content (AvgIpc) is 2.48. The first-order chi connectivity index (χ1) is 10.1.